The lowest BCUT2D eigenvalue weighted by Gasteiger charge is -2.18. The van der Waals surface area contributed by atoms with Crippen molar-refractivity contribution in [3.8, 4) is 0 Å². The molecule has 7 aromatic carbocycles. The predicted octanol–water partition coefficient (Wildman–Crippen LogP) is 7.64. The Kier molecular flexibility index (Phi) is 7.39. The number of para-hydroxylation sites is 4. The molecule has 256 valence electrons. The minimum atomic E-state index is -0.0598. The van der Waals surface area contributed by atoms with Crippen LogP contribution in [0, 0.1) is 0 Å². The summed E-state index contributed by atoms with van der Waals surface area (Å²) >= 11 is 0. The molecule has 4 heterocycles. The molecule has 0 spiro atoms. The van der Waals surface area contributed by atoms with Gasteiger partial charge in [0.15, 0.2) is 0 Å². The maximum Gasteiger partial charge on any atom is 0.264 e. The summed E-state index contributed by atoms with van der Waals surface area (Å²) in [5, 5.41) is 11.5. The topological polar surface area (TPSA) is 116 Å². The molecule has 10 heteroatoms. The van der Waals surface area contributed by atoms with Gasteiger partial charge in [0.2, 0.25) is 0 Å². The smallest absolute Gasteiger partial charge is 0.264 e. The van der Waals surface area contributed by atoms with E-state index in [1.54, 1.807) is 8.80 Å². The van der Waals surface area contributed by atoms with Crippen LogP contribution in [0.3, 0.4) is 0 Å². The van der Waals surface area contributed by atoms with Crippen LogP contribution in [0.4, 0.5) is 0 Å². The normalized spacial score (nSPS) is 12.2. The summed E-state index contributed by atoms with van der Waals surface area (Å²) < 4.78 is 3.49. The van der Waals surface area contributed by atoms with E-state index in [0.717, 1.165) is 89.0 Å². The first-order chi connectivity index (χ1) is 25.4. The Morgan fingerprint density at radius 2 is 0.885 bits per heavy atom. The Morgan fingerprint density at radius 3 is 1.23 bits per heavy atom. The van der Waals surface area contributed by atoms with E-state index in [1.807, 2.05) is 60.7 Å². The molecule has 0 saturated heterocycles. The second kappa shape index (κ2) is 12.0. The minimum absolute atomic E-state index is 0.0598. The van der Waals surface area contributed by atoms with Gasteiger partial charge in [0, 0.05) is 32.3 Å². The summed E-state index contributed by atoms with van der Waals surface area (Å²) in [6, 6.07) is 32.1. The molecule has 11 rings (SSSR count). The maximum atomic E-state index is 14.0. The quantitative estimate of drug-likeness (QED) is 0.0873. The molecule has 2 N–H and O–H groups in total. The van der Waals surface area contributed by atoms with Crippen molar-refractivity contribution >= 4 is 98.0 Å². The second-order valence-corrected chi connectivity index (χ2v) is 13.0. The van der Waals surface area contributed by atoms with Gasteiger partial charge in [-0.3, -0.25) is 18.4 Å². The SMILES string of the molecule is CCN(C)CC.COON.O=c1c2ccc3c4ccc5c(=O)n6c7ccccc7nc6c6ccc(c7ccc(c2c37)c2nc3ccccc3n12)c4c56. The minimum Gasteiger partial charge on any atom is -0.307 e. The van der Waals surface area contributed by atoms with E-state index in [-0.39, 0.29) is 11.1 Å². The van der Waals surface area contributed by atoms with E-state index in [9.17, 15) is 9.59 Å². The summed E-state index contributed by atoms with van der Waals surface area (Å²) in [6.45, 7) is 6.64. The van der Waals surface area contributed by atoms with E-state index < -0.39 is 0 Å². The van der Waals surface area contributed by atoms with E-state index in [2.05, 4.69) is 78.0 Å². The van der Waals surface area contributed by atoms with Gasteiger partial charge in [0.1, 0.15) is 11.3 Å². The number of pyridine rings is 2. The molecule has 0 aliphatic carbocycles. The van der Waals surface area contributed by atoms with Gasteiger partial charge in [-0.05, 0) is 101 Å². The number of imidazole rings is 2. The Hall–Kier alpha value is -6.04. The van der Waals surface area contributed by atoms with E-state index in [1.165, 1.54) is 7.11 Å². The zero-order valence-electron chi connectivity index (χ0n) is 29.1. The number of hydrogen-bond donors (Lipinski definition) is 1. The lowest BCUT2D eigenvalue weighted by Crippen LogP contribution is -2.15. The fourth-order valence-corrected chi connectivity index (χ4v) is 7.91. The molecule has 0 saturated carbocycles. The molecule has 0 aliphatic heterocycles. The highest BCUT2D eigenvalue weighted by molar-refractivity contribution is 6.40. The first-order valence-electron chi connectivity index (χ1n) is 17.2. The van der Waals surface area contributed by atoms with Crippen LogP contribution in [0.5, 0.6) is 0 Å². The molecule has 10 nitrogen and oxygen atoms in total. The number of nitrogens with zero attached hydrogens (tertiary/aromatic N) is 5. The summed E-state index contributed by atoms with van der Waals surface area (Å²) in [6.07, 6.45) is 0. The number of hydrogen-bond acceptors (Lipinski definition) is 8. The van der Waals surface area contributed by atoms with Crippen LogP contribution >= 0.6 is 0 Å². The molecule has 11 aromatic rings. The number of aromatic nitrogens is 4. The van der Waals surface area contributed by atoms with Gasteiger partial charge < -0.3 is 4.90 Å². The van der Waals surface area contributed by atoms with Crippen molar-refractivity contribution in [3.05, 3.63) is 118 Å². The number of fused-ring (bicyclic) bond motifs is 10. The van der Waals surface area contributed by atoms with E-state index >= 15 is 0 Å². The van der Waals surface area contributed by atoms with E-state index in [0.29, 0.717) is 22.1 Å². The van der Waals surface area contributed by atoms with Gasteiger partial charge in [-0.1, -0.05) is 62.4 Å². The van der Waals surface area contributed by atoms with E-state index in [4.69, 9.17) is 9.97 Å². The van der Waals surface area contributed by atoms with Crippen molar-refractivity contribution in [2.75, 3.05) is 27.2 Å². The van der Waals surface area contributed by atoms with Crippen LogP contribution in [0.15, 0.2) is 107 Å². The molecule has 0 fully saturated rings. The van der Waals surface area contributed by atoms with Gasteiger partial charge in [0.05, 0.1) is 29.2 Å². The summed E-state index contributed by atoms with van der Waals surface area (Å²) in [5.41, 5.74) is 4.48. The first kappa shape index (κ1) is 31.9. The highest BCUT2D eigenvalue weighted by atomic mass is 17.3. The molecular weight excluding hydrogens is 652 g/mol. The molecule has 0 aliphatic rings. The Morgan fingerprint density at radius 1 is 0.558 bits per heavy atom. The van der Waals surface area contributed by atoms with Gasteiger partial charge in [-0.2, -0.15) is 5.90 Å². The fraction of sp³-hybridized carbons (Fsp3) is 0.143. The molecule has 4 aromatic heterocycles. The average molecular weight is 687 g/mol. The van der Waals surface area contributed by atoms with Gasteiger partial charge in [-0.15, -0.1) is 4.99 Å². The molecule has 0 unspecified atom stereocenters. The third-order valence-corrected chi connectivity index (χ3v) is 10.5. The number of benzene rings is 7. The Bertz CT molecular complexity index is 3020. The predicted molar refractivity (Wildman–Crippen MR) is 211 cm³/mol. The lowest BCUT2D eigenvalue weighted by molar-refractivity contribution is -0.277. The maximum absolute atomic E-state index is 14.0. The zero-order chi connectivity index (χ0) is 35.8. The summed E-state index contributed by atoms with van der Waals surface area (Å²) in [5.74, 6) is 4.31. The molecule has 0 bridgehead atoms. The fourth-order valence-electron chi connectivity index (χ4n) is 7.91. The van der Waals surface area contributed by atoms with Gasteiger partial charge in [0.25, 0.3) is 11.1 Å². The van der Waals surface area contributed by atoms with Crippen LogP contribution in [0.25, 0.3) is 98.0 Å². The van der Waals surface area contributed by atoms with Crippen molar-refractivity contribution in [1.82, 2.24) is 23.7 Å². The van der Waals surface area contributed by atoms with Crippen LogP contribution < -0.4 is 17.0 Å². The number of nitrogens with two attached hydrogens (primary N) is 1. The monoisotopic (exact) mass is 686 g/mol. The van der Waals surface area contributed by atoms with Crippen molar-refractivity contribution in [2.24, 2.45) is 5.90 Å². The van der Waals surface area contributed by atoms with Crippen molar-refractivity contribution in [1.29, 1.82) is 0 Å². The van der Waals surface area contributed by atoms with Gasteiger partial charge in [-0.25, -0.2) is 14.9 Å². The molecule has 0 radical (unpaired) electrons. The van der Waals surface area contributed by atoms with Crippen LogP contribution in [-0.2, 0) is 9.88 Å². The Labute approximate surface area is 295 Å². The Balaban J connectivity index is 0.000000322. The standard InChI is InChI=1S/C36H16N4O2.C5H13N.CH5NO2/c41-35-23-15-11-19-20-12-16-24-32-22(34-38-26-6-2-4-8-28(26)40(34)36(24)42)14-10-18(30(20)32)17-9-13-21(31(23)29(17)19)33-37-25-5-1-3-7-27(25)39(33)35;1-4-6(3)5-2;1-3-4-2/h1-16H;4-5H2,1-3H3;2H2,1H3. The summed E-state index contributed by atoms with van der Waals surface area (Å²) in [7, 11) is 3.44. The summed E-state index contributed by atoms with van der Waals surface area (Å²) in [4.78, 5) is 47.4. The third kappa shape index (κ3) is 4.33. The molecular formula is C42H34N6O4. The van der Waals surface area contributed by atoms with Crippen molar-refractivity contribution < 1.29 is 9.88 Å². The largest absolute Gasteiger partial charge is 0.307 e. The van der Waals surface area contributed by atoms with Crippen molar-refractivity contribution in [2.45, 2.75) is 13.8 Å². The third-order valence-electron chi connectivity index (χ3n) is 10.5. The van der Waals surface area contributed by atoms with Gasteiger partial charge >= 0.3 is 0 Å². The molecule has 0 amide bonds. The van der Waals surface area contributed by atoms with Crippen molar-refractivity contribution in [3.63, 3.8) is 0 Å². The molecule has 0 atom stereocenters. The van der Waals surface area contributed by atoms with Crippen LogP contribution in [0.1, 0.15) is 13.8 Å². The highest BCUT2D eigenvalue weighted by Gasteiger charge is 2.23. The lowest BCUT2D eigenvalue weighted by atomic mass is 9.86. The zero-order valence-corrected chi connectivity index (χ0v) is 29.1. The highest BCUT2D eigenvalue weighted by Crippen LogP contribution is 2.45. The molecule has 52 heavy (non-hydrogen) atoms. The number of rotatable bonds is 3. The first-order valence-corrected chi connectivity index (χ1v) is 17.2. The van der Waals surface area contributed by atoms with Crippen LogP contribution in [0.2, 0.25) is 0 Å². The van der Waals surface area contributed by atoms with Crippen LogP contribution in [-0.4, -0.2) is 50.9 Å². The second-order valence-electron chi connectivity index (χ2n) is 13.0. The average Bonchev–Trinajstić information content (AvgIpc) is 3.78.